The molecule has 0 fully saturated rings. The average Bonchev–Trinajstić information content (AvgIpc) is 3.10. The van der Waals surface area contributed by atoms with Gasteiger partial charge in [0.25, 0.3) is 0 Å². The Hall–Kier alpha value is -3.14. The van der Waals surface area contributed by atoms with Crippen LogP contribution in [0.2, 0.25) is 0 Å². The fourth-order valence-electron chi connectivity index (χ4n) is 2.83. The SMILES string of the molecule is COc1cccc2cc(C=C3C(=O)c4ccccc4C3=O)oc12. The smallest absolute Gasteiger partial charge is 0.197 e. The molecular formula is C19H12O4. The van der Waals surface area contributed by atoms with Crippen LogP contribution in [0.25, 0.3) is 17.0 Å². The highest BCUT2D eigenvalue weighted by Crippen LogP contribution is 2.32. The number of carbonyl (C=O) groups is 2. The predicted octanol–water partition coefficient (Wildman–Crippen LogP) is 3.90. The van der Waals surface area contributed by atoms with Gasteiger partial charge in [0, 0.05) is 16.5 Å². The molecule has 0 amide bonds. The molecule has 0 saturated carbocycles. The molecule has 2 aromatic carbocycles. The van der Waals surface area contributed by atoms with Crippen LogP contribution in [0.15, 0.2) is 58.5 Å². The number of allylic oxidation sites excluding steroid dienone is 1. The van der Waals surface area contributed by atoms with Gasteiger partial charge in [0.15, 0.2) is 22.9 Å². The first kappa shape index (κ1) is 13.5. The van der Waals surface area contributed by atoms with Crippen molar-refractivity contribution in [2.45, 2.75) is 0 Å². The predicted molar refractivity (Wildman–Crippen MR) is 85.8 cm³/mol. The molecule has 0 bridgehead atoms. The summed E-state index contributed by atoms with van der Waals surface area (Å²) in [5, 5.41) is 0.853. The van der Waals surface area contributed by atoms with Gasteiger partial charge in [-0.3, -0.25) is 9.59 Å². The minimum atomic E-state index is -0.266. The summed E-state index contributed by atoms with van der Waals surface area (Å²) in [7, 11) is 1.57. The Balaban J connectivity index is 1.83. The van der Waals surface area contributed by atoms with Crippen LogP contribution in [0.4, 0.5) is 0 Å². The molecule has 4 rings (SSSR count). The van der Waals surface area contributed by atoms with E-state index in [1.807, 2.05) is 12.1 Å². The molecule has 4 nitrogen and oxygen atoms in total. The van der Waals surface area contributed by atoms with Gasteiger partial charge in [-0.15, -0.1) is 0 Å². The zero-order valence-electron chi connectivity index (χ0n) is 12.3. The monoisotopic (exact) mass is 304 g/mol. The van der Waals surface area contributed by atoms with Gasteiger partial charge >= 0.3 is 0 Å². The van der Waals surface area contributed by atoms with Crippen molar-refractivity contribution in [3.63, 3.8) is 0 Å². The van der Waals surface area contributed by atoms with E-state index in [0.717, 1.165) is 5.39 Å². The number of furan rings is 1. The van der Waals surface area contributed by atoms with Crippen molar-refractivity contribution in [1.82, 2.24) is 0 Å². The maximum absolute atomic E-state index is 12.4. The number of fused-ring (bicyclic) bond motifs is 2. The minimum absolute atomic E-state index is 0.129. The number of hydrogen-bond acceptors (Lipinski definition) is 4. The lowest BCUT2D eigenvalue weighted by Crippen LogP contribution is -1.99. The van der Waals surface area contributed by atoms with E-state index < -0.39 is 0 Å². The van der Waals surface area contributed by atoms with Gasteiger partial charge in [-0.1, -0.05) is 36.4 Å². The number of carbonyl (C=O) groups excluding carboxylic acids is 2. The molecule has 4 heteroatoms. The standard InChI is InChI=1S/C19H12O4/c1-22-16-8-4-5-11-9-12(23-19(11)16)10-15-17(20)13-6-2-3-7-14(13)18(15)21/h2-10H,1H3. The second-order valence-corrected chi connectivity index (χ2v) is 5.29. The molecule has 1 aromatic heterocycles. The summed E-state index contributed by atoms with van der Waals surface area (Å²) >= 11 is 0. The molecule has 0 aliphatic heterocycles. The molecule has 1 aliphatic rings. The van der Waals surface area contributed by atoms with Crippen molar-refractivity contribution in [2.24, 2.45) is 0 Å². The van der Waals surface area contributed by atoms with Gasteiger partial charge in [0.05, 0.1) is 12.7 Å². The van der Waals surface area contributed by atoms with E-state index in [4.69, 9.17) is 9.15 Å². The van der Waals surface area contributed by atoms with E-state index in [9.17, 15) is 9.59 Å². The summed E-state index contributed by atoms with van der Waals surface area (Å²) in [6.07, 6.45) is 1.50. The zero-order valence-corrected chi connectivity index (χ0v) is 12.3. The van der Waals surface area contributed by atoms with Crippen molar-refractivity contribution in [3.05, 3.63) is 71.0 Å². The Morgan fingerprint density at radius 1 is 0.957 bits per heavy atom. The molecule has 0 N–H and O–H groups in total. The normalized spacial score (nSPS) is 13.5. The van der Waals surface area contributed by atoms with Crippen LogP contribution in [0.5, 0.6) is 5.75 Å². The third kappa shape index (κ3) is 1.99. The number of ether oxygens (including phenoxy) is 1. The van der Waals surface area contributed by atoms with E-state index in [1.54, 1.807) is 43.5 Å². The first-order valence-corrected chi connectivity index (χ1v) is 7.15. The summed E-state index contributed by atoms with van der Waals surface area (Å²) in [6.45, 7) is 0. The third-order valence-electron chi connectivity index (χ3n) is 3.94. The fourth-order valence-corrected chi connectivity index (χ4v) is 2.83. The number of ketones is 2. The summed E-state index contributed by atoms with van der Waals surface area (Å²) < 4.78 is 11.0. The van der Waals surface area contributed by atoms with Gasteiger partial charge in [-0.05, 0) is 18.2 Å². The largest absolute Gasteiger partial charge is 0.493 e. The maximum Gasteiger partial charge on any atom is 0.197 e. The van der Waals surface area contributed by atoms with Crippen LogP contribution in [0.3, 0.4) is 0 Å². The molecule has 0 atom stereocenters. The first-order valence-electron chi connectivity index (χ1n) is 7.15. The lowest BCUT2D eigenvalue weighted by molar-refractivity contribution is 0.0990. The lowest BCUT2D eigenvalue weighted by atomic mass is 10.1. The summed E-state index contributed by atoms with van der Waals surface area (Å²) in [4.78, 5) is 24.8. The molecule has 1 aliphatic carbocycles. The highest BCUT2D eigenvalue weighted by atomic mass is 16.5. The fraction of sp³-hybridized carbons (Fsp3) is 0.0526. The molecular weight excluding hydrogens is 292 g/mol. The van der Waals surface area contributed by atoms with Crippen LogP contribution in [0, 0.1) is 0 Å². The van der Waals surface area contributed by atoms with E-state index in [-0.39, 0.29) is 17.1 Å². The van der Waals surface area contributed by atoms with Crippen LogP contribution in [0.1, 0.15) is 26.5 Å². The van der Waals surface area contributed by atoms with Crippen LogP contribution in [-0.2, 0) is 0 Å². The topological polar surface area (TPSA) is 56.5 Å². The Labute approximate surface area is 132 Å². The van der Waals surface area contributed by atoms with Gasteiger partial charge in [-0.25, -0.2) is 0 Å². The zero-order chi connectivity index (χ0) is 16.0. The average molecular weight is 304 g/mol. The van der Waals surface area contributed by atoms with E-state index in [0.29, 0.717) is 28.2 Å². The molecule has 0 spiro atoms. The molecule has 0 radical (unpaired) electrons. The number of rotatable bonds is 2. The Morgan fingerprint density at radius 2 is 1.65 bits per heavy atom. The van der Waals surface area contributed by atoms with Crippen molar-refractivity contribution >= 4 is 28.6 Å². The van der Waals surface area contributed by atoms with Crippen LogP contribution in [-0.4, -0.2) is 18.7 Å². The molecule has 23 heavy (non-hydrogen) atoms. The molecule has 0 saturated heterocycles. The number of hydrogen-bond donors (Lipinski definition) is 0. The van der Waals surface area contributed by atoms with E-state index in [2.05, 4.69) is 0 Å². The van der Waals surface area contributed by atoms with Crippen molar-refractivity contribution in [1.29, 1.82) is 0 Å². The summed E-state index contributed by atoms with van der Waals surface area (Å²) in [5.74, 6) is 0.532. The molecule has 112 valence electrons. The summed E-state index contributed by atoms with van der Waals surface area (Å²) in [6, 6.07) is 14.2. The summed E-state index contributed by atoms with van der Waals surface area (Å²) in [5.41, 5.74) is 1.61. The maximum atomic E-state index is 12.4. The lowest BCUT2D eigenvalue weighted by Gasteiger charge is -1.98. The third-order valence-corrected chi connectivity index (χ3v) is 3.94. The molecule has 0 unspecified atom stereocenters. The van der Waals surface area contributed by atoms with Crippen molar-refractivity contribution < 1.29 is 18.7 Å². The Kier molecular flexibility index (Phi) is 2.91. The number of para-hydroxylation sites is 1. The first-order chi connectivity index (χ1) is 11.2. The molecule has 1 heterocycles. The minimum Gasteiger partial charge on any atom is -0.493 e. The molecule has 3 aromatic rings. The second kappa shape index (κ2) is 4.95. The highest BCUT2D eigenvalue weighted by molar-refractivity contribution is 6.41. The van der Waals surface area contributed by atoms with Crippen LogP contribution >= 0.6 is 0 Å². The Morgan fingerprint density at radius 3 is 2.30 bits per heavy atom. The van der Waals surface area contributed by atoms with Crippen molar-refractivity contribution in [3.8, 4) is 5.75 Å². The van der Waals surface area contributed by atoms with Crippen LogP contribution < -0.4 is 4.74 Å². The van der Waals surface area contributed by atoms with Crippen molar-refractivity contribution in [2.75, 3.05) is 7.11 Å². The second-order valence-electron chi connectivity index (χ2n) is 5.29. The quantitative estimate of drug-likeness (QED) is 0.532. The van der Waals surface area contributed by atoms with Gasteiger partial charge < -0.3 is 9.15 Å². The van der Waals surface area contributed by atoms with Gasteiger partial charge in [-0.2, -0.15) is 0 Å². The number of Topliss-reactive ketones (excluding diaryl/α,β-unsaturated/α-hetero) is 2. The number of methoxy groups -OCH3 is 1. The highest BCUT2D eigenvalue weighted by Gasteiger charge is 2.32. The van der Waals surface area contributed by atoms with E-state index >= 15 is 0 Å². The number of benzene rings is 2. The Bertz CT molecular complexity index is 955. The van der Waals surface area contributed by atoms with Gasteiger partial charge in [0.2, 0.25) is 0 Å². The van der Waals surface area contributed by atoms with Gasteiger partial charge in [0.1, 0.15) is 5.76 Å². The van der Waals surface area contributed by atoms with E-state index in [1.165, 1.54) is 6.08 Å².